The average molecular weight is 376 g/mol. The molecule has 0 aromatic heterocycles. The Morgan fingerprint density at radius 1 is 0.667 bits per heavy atom. The number of fused-ring (bicyclic) bond motifs is 2. The molecule has 5 aliphatic rings. The van der Waals surface area contributed by atoms with Crippen molar-refractivity contribution in [3.63, 3.8) is 0 Å². The monoisotopic (exact) mass is 374 g/mol. The molecule has 0 amide bonds. The predicted octanol–water partition coefficient (Wildman–Crippen LogP) is 1.14. The summed E-state index contributed by atoms with van der Waals surface area (Å²) >= 11 is 27.8. The molecule has 118 valence electrons. The second-order valence-electron chi connectivity index (χ2n) is 6.96. The number of ether oxygens (including phenoxy) is 2. The topological polar surface area (TPSA) is 58.9 Å². The van der Waals surface area contributed by atoms with Crippen LogP contribution in [0.15, 0.2) is 0 Å². The summed E-state index contributed by atoms with van der Waals surface area (Å²) in [7, 11) is 2.89. The largest absolute Gasteiger partial charge is 0.392 e. The molecule has 4 nitrogen and oxygen atoms in total. The van der Waals surface area contributed by atoms with Crippen molar-refractivity contribution < 1.29 is 19.7 Å². The second kappa shape index (κ2) is 3.23. The summed E-state index contributed by atoms with van der Waals surface area (Å²) in [6.07, 6.45) is -1.53. The van der Waals surface area contributed by atoms with E-state index in [0.29, 0.717) is 0 Å². The molecular formula is C13H14Cl4O4. The molecule has 0 radical (unpaired) electrons. The third kappa shape index (κ3) is 0.758. The van der Waals surface area contributed by atoms with Crippen LogP contribution in [-0.2, 0) is 9.47 Å². The maximum Gasteiger partial charge on any atom is 0.211 e. The van der Waals surface area contributed by atoms with Crippen molar-refractivity contribution in [2.45, 2.75) is 37.5 Å². The van der Waals surface area contributed by atoms with E-state index in [1.54, 1.807) is 0 Å². The fourth-order valence-corrected chi connectivity index (χ4v) is 10.4. The van der Waals surface area contributed by atoms with Gasteiger partial charge in [0.05, 0.1) is 22.0 Å². The van der Waals surface area contributed by atoms with E-state index in [1.807, 2.05) is 0 Å². The first-order chi connectivity index (χ1) is 9.68. The lowest BCUT2D eigenvalue weighted by Gasteiger charge is -2.60. The molecule has 0 unspecified atom stereocenters. The third-order valence-electron chi connectivity index (χ3n) is 7.20. The Kier molecular flexibility index (Phi) is 2.21. The molecule has 0 aromatic carbocycles. The molecule has 0 spiro atoms. The van der Waals surface area contributed by atoms with Crippen LogP contribution in [0.25, 0.3) is 0 Å². The van der Waals surface area contributed by atoms with Crippen LogP contribution in [0, 0.1) is 23.7 Å². The van der Waals surface area contributed by atoms with Gasteiger partial charge >= 0.3 is 0 Å². The van der Waals surface area contributed by atoms with E-state index < -0.39 is 61.2 Å². The lowest BCUT2D eigenvalue weighted by atomic mass is 9.57. The Balaban J connectivity index is 1.94. The van der Waals surface area contributed by atoms with Crippen molar-refractivity contribution in [1.29, 1.82) is 0 Å². The number of halogens is 4. The van der Waals surface area contributed by atoms with Crippen LogP contribution >= 0.6 is 46.4 Å². The summed E-state index contributed by atoms with van der Waals surface area (Å²) in [6, 6.07) is 0. The summed E-state index contributed by atoms with van der Waals surface area (Å²) < 4.78 is 11.3. The van der Waals surface area contributed by atoms with E-state index >= 15 is 0 Å². The van der Waals surface area contributed by atoms with Crippen LogP contribution < -0.4 is 0 Å². The third-order valence-corrected chi connectivity index (χ3v) is 10.8. The van der Waals surface area contributed by atoms with Crippen LogP contribution in [0.1, 0.15) is 0 Å². The van der Waals surface area contributed by atoms with Gasteiger partial charge < -0.3 is 19.7 Å². The molecule has 5 rings (SSSR count). The van der Waals surface area contributed by atoms with Crippen molar-refractivity contribution in [3.8, 4) is 0 Å². The van der Waals surface area contributed by atoms with E-state index in [9.17, 15) is 10.2 Å². The number of rotatable bonds is 2. The molecule has 5 fully saturated rings. The quantitative estimate of drug-likeness (QED) is 0.561. The molecule has 21 heavy (non-hydrogen) atoms. The first kappa shape index (κ1) is 14.4. The van der Waals surface area contributed by atoms with Crippen molar-refractivity contribution >= 4 is 46.4 Å². The van der Waals surface area contributed by atoms with Crippen LogP contribution in [0.3, 0.4) is 0 Å². The number of aliphatic hydroxyl groups excluding tert-OH is 2. The molecule has 0 saturated heterocycles. The summed E-state index contributed by atoms with van der Waals surface area (Å²) in [5.74, 6) is -3.29. The molecule has 10 atom stereocenters. The molecule has 0 aliphatic heterocycles. The van der Waals surface area contributed by atoms with Gasteiger partial charge in [-0.3, -0.25) is 0 Å². The van der Waals surface area contributed by atoms with E-state index in [-0.39, 0.29) is 0 Å². The normalized spacial score (nSPS) is 74.3. The van der Waals surface area contributed by atoms with Gasteiger partial charge in [0.25, 0.3) is 0 Å². The molecule has 2 bridgehead atoms. The van der Waals surface area contributed by atoms with Crippen molar-refractivity contribution in [2.75, 3.05) is 14.2 Å². The molecule has 2 N–H and O–H groups in total. The van der Waals surface area contributed by atoms with E-state index in [2.05, 4.69) is 0 Å². The zero-order chi connectivity index (χ0) is 15.4. The van der Waals surface area contributed by atoms with Gasteiger partial charge in [-0.15, -0.1) is 46.4 Å². The van der Waals surface area contributed by atoms with Gasteiger partial charge in [0.1, 0.15) is 9.75 Å². The minimum Gasteiger partial charge on any atom is -0.392 e. The summed E-state index contributed by atoms with van der Waals surface area (Å²) in [5.41, 5.74) is 0. The number of alkyl halides is 4. The van der Waals surface area contributed by atoms with Crippen LogP contribution in [0.2, 0.25) is 0 Å². The molecule has 0 heterocycles. The lowest BCUT2D eigenvalue weighted by molar-refractivity contribution is -0.225. The Morgan fingerprint density at radius 2 is 0.952 bits per heavy atom. The Bertz CT molecular complexity index is 541. The van der Waals surface area contributed by atoms with Gasteiger partial charge in [0.2, 0.25) is 5.79 Å². The standard InChI is InChI=1S/C13H14Cl4O4/c1-20-13(21-2)11(16)5-6-8(19)4-3(7(5)18)9(11,14)10(4,15)12(6,13)17/h3-8,18-19H,1-2H3/t3-,4+,5+,6-,7-,8-,9+,10+,11+,12-/m0/s1. The van der Waals surface area contributed by atoms with Gasteiger partial charge in [0, 0.05) is 37.9 Å². The van der Waals surface area contributed by atoms with Crippen LogP contribution in [0.4, 0.5) is 0 Å². The second-order valence-corrected chi connectivity index (χ2v) is 9.34. The molecule has 0 aromatic rings. The minimum absolute atomic E-state index is 0.404. The van der Waals surface area contributed by atoms with E-state index in [0.717, 1.165) is 0 Å². The number of hydrogen-bond donors (Lipinski definition) is 2. The van der Waals surface area contributed by atoms with Gasteiger partial charge in [0.15, 0.2) is 0 Å². The Labute approximate surface area is 141 Å². The van der Waals surface area contributed by atoms with E-state index in [4.69, 9.17) is 55.9 Å². The maximum atomic E-state index is 10.7. The minimum atomic E-state index is -1.45. The SMILES string of the molecule is COC1(OC)[C@]2(Cl)[C@@H]3[C@@H](O)[C@H]4[C@H]5[C@H](O)[C@@H]3[C@@]1(Cl)[C@]5(Cl)[C@]42Cl. The highest BCUT2D eigenvalue weighted by Crippen LogP contribution is 2.97. The Hall–Kier alpha value is 1.00. The highest BCUT2D eigenvalue weighted by atomic mass is 35.5. The zero-order valence-corrected chi connectivity index (χ0v) is 14.2. The number of methoxy groups -OCH3 is 2. The summed E-state index contributed by atoms with van der Waals surface area (Å²) in [4.78, 5) is -4.90. The van der Waals surface area contributed by atoms with Crippen molar-refractivity contribution in [2.24, 2.45) is 23.7 Å². The summed E-state index contributed by atoms with van der Waals surface area (Å²) in [6.45, 7) is 0. The highest BCUT2D eigenvalue weighted by molar-refractivity contribution is 6.51. The van der Waals surface area contributed by atoms with Gasteiger partial charge in [-0.05, 0) is 0 Å². The number of aliphatic hydroxyl groups is 2. The fourth-order valence-electron chi connectivity index (χ4n) is 6.98. The van der Waals surface area contributed by atoms with Gasteiger partial charge in [-0.1, -0.05) is 0 Å². The van der Waals surface area contributed by atoms with Gasteiger partial charge in [-0.2, -0.15) is 0 Å². The van der Waals surface area contributed by atoms with Crippen LogP contribution in [-0.4, -0.2) is 61.9 Å². The van der Waals surface area contributed by atoms with Crippen LogP contribution in [0.5, 0.6) is 0 Å². The highest BCUT2D eigenvalue weighted by Gasteiger charge is 3.11. The first-order valence-corrected chi connectivity index (χ1v) is 8.41. The van der Waals surface area contributed by atoms with E-state index in [1.165, 1.54) is 14.2 Å². The lowest BCUT2D eigenvalue weighted by Crippen LogP contribution is -2.74. The molecule has 8 heteroatoms. The van der Waals surface area contributed by atoms with Crippen molar-refractivity contribution in [1.82, 2.24) is 0 Å². The zero-order valence-electron chi connectivity index (χ0n) is 11.2. The maximum absolute atomic E-state index is 10.7. The number of hydrogen-bond acceptors (Lipinski definition) is 4. The molecule has 5 saturated carbocycles. The van der Waals surface area contributed by atoms with Gasteiger partial charge in [-0.25, -0.2) is 0 Å². The molecular weight excluding hydrogens is 362 g/mol. The fraction of sp³-hybridized carbons (Fsp3) is 1.00. The molecule has 5 aliphatic carbocycles. The van der Waals surface area contributed by atoms with Crippen molar-refractivity contribution in [3.05, 3.63) is 0 Å². The predicted molar refractivity (Wildman–Crippen MR) is 77.1 cm³/mol. The summed E-state index contributed by atoms with van der Waals surface area (Å²) in [5, 5.41) is 21.4. The smallest absolute Gasteiger partial charge is 0.211 e. The average Bonchev–Trinajstić information content (AvgIpc) is 2.73. The Morgan fingerprint density at radius 3 is 1.24 bits per heavy atom. The first-order valence-electron chi connectivity index (χ1n) is 6.90.